The summed E-state index contributed by atoms with van der Waals surface area (Å²) in [6.07, 6.45) is 3.44. The van der Waals surface area contributed by atoms with Crippen LogP contribution in [0.15, 0.2) is 40.9 Å². The minimum absolute atomic E-state index is 0.0310. The quantitative estimate of drug-likeness (QED) is 0.400. The number of nitrogens with one attached hydrogen (secondary N) is 1. The maximum Gasteiger partial charge on any atom is 0.410 e. The van der Waals surface area contributed by atoms with Crippen LogP contribution >= 0.6 is 0 Å². The standard InChI is InChI=1S/C31H37N5O4/c1-19(2)38-27-12-9-20(17-21(27)18-32)29-34-28(35-40-29)25-8-6-7-24-23(25)10-11-26(24)33-22-13-15-36(16-14-22)30(37)39-31(3,4)5/h6-9,12,17,19,22,26,33H,10-11,13-16H2,1-5H3. The van der Waals surface area contributed by atoms with Crippen molar-refractivity contribution in [3.8, 4) is 34.7 Å². The van der Waals surface area contributed by atoms with Gasteiger partial charge in [0.2, 0.25) is 5.82 Å². The van der Waals surface area contributed by atoms with Crippen molar-refractivity contribution in [3.63, 3.8) is 0 Å². The van der Waals surface area contributed by atoms with E-state index in [9.17, 15) is 10.1 Å². The van der Waals surface area contributed by atoms with E-state index in [1.165, 1.54) is 11.1 Å². The summed E-state index contributed by atoms with van der Waals surface area (Å²) in [4.78, 5) is 18.9. The number of piperidine rings is 1. The van der Waals surface area contributed by atoms with E-state index in [0.717, 1.165) is 31.2 Å². The van der Waals surface area contributed by atoms with E-state index in [0.29, 0.717) is 47.7 Å². The second-order valence-electron chi connectivity index (χ2n) is 11.8. The molecule has 40 heavy (non-hydrogen) atoms. The van der Waals surface area contributed by atoms with Gasteiger partial charge in [-0.15, -0.1) is 0 Å². The molecule has 5 rings (SSSR count). The Kier molecular flexibility index (Phi) is 7.81. The minimum Gasteiger partial charge on any atom is -0.490 e. The Morgan fingerprint density at radius 1 is 1.18 bits per heavy atom. The van der Waals surface area contributed by atoms with Crippen molar-refractivity contribution in [2.45, 2.75) is 84.1 Å². The maximum atomic E-state index is 12.4. The molecule has 1 amide bonds. The number of nitriles is 1. The molecule has 9 nitrogen and oxygen atoms in total. The Hall–Kier alpha value is -3.90. The zero-order valence-corrected chi connectivity index (χ0v) is 23.9. The van der Waals surface area contributed by atoms with Gasteiger partial charge in [0.1, 0.15) is 17.4 Å². The Morgan fingerprint density at radius 3 is 2.65 bits per heavy atom. The van der Waals surface area contributed by atoms with Crippen LogP contribution in [0.25, 0.3) is 22.8 Å². The highest BCUT2D eigenvalue weighted by molar-refractivity contribution is 5.68. The highest BCUT2D eigenvalue weighted by Crippen LogP contribution is 2.38. The van der Waals surface area contributed by atoms with E-state index >= 15 is 0 Å². The van der Waals surface area contributed by atoms with Crippen molar-refractivity contribution in [1.82, 2.24) is 20.4 Å². The first-order valence-electron chi connectivity index (χ1n) is 14.0. The third-order valence-corrected chi connectivity index (χ3v) is 7.23. The lowest BCUT2D eigenvalue weighted by Crippen LogP contribution is -2.47. The van der Waals surface area contributed by atoms with Crippen LogP contribution in [0.5, 0.6) is 5.75 Å². The SMILES string of the molecule is CC(C)Oc1ccc(-c2nc(-c3cccc4c3CCC4NC3CCN(C(=O)OC(C)(C)C)CC3)no2)cc1C#N. The van der Waals surface area contributed by atoms with Crippen LogP contribution in [0.1, 0.15) is 76.6 Å². The fourth-order valence-corrected chi connectivity index (χ4v) is 5.43. The van der Waals surface area contributed by atoms with Gasteiger partial charge >= 0.3 is 6.09 Å². The first kappa shape index (κ1) is 27.7. The predicted molar refractivity (Wildman–Crippen MR) is 151 cm³/mol. The molecule has 1 aliphatic heterocycles. The second-order valence-corrected chi connectivity index (χ2v) is 11.8. The molecule has 2 aromatic carbocycles. The summed E-state index contributed by atoms with van der Waals surface area (Å²) in [5, 5.41) is 17.7. The van der Waals surface area contributed by atoms with E-state index in [1.807, 2.05) is 57.7 Å². The highest BCUT2D eigenvalue weighted by atomic mass is 16.6. The number of benzene rings is 2. The number of aromatic nitrogens is 2. The summed E-state index contributed by atoms with van der Waals surface area (Å²) < 4.78 is 16.9. The largest absolute Gasteiger partial charge is 0.490 e. The molecule has 210 valence electrons. The zero-order valence-electron chi connectivity index (χ0n) is 23.9. The van der Waals surface area contributed by atoms with Crippen LogP contribution in [-0.2, 0) is 11.2 Å². The summed E-state index contributed by atoms with van der Waals surface area (Å²) in [5.74, 6) is 1.44. The van der Waals surface area contributed by atoms with E-state index < -0.39 is 5.60 Å². The summed E-state index contributed by atoms with van der Waals surface area (Å²) >= 11 is 0. The molecule has 1 N–H and O–H groups in total. The first-order chi connectivity index (χ1) is 19.1. The van der Waals surface area contributed by atoms with E-state index in [-0.39, 0.29) is 18.2 Å². The minimum atomic E-state index is -0.483. The number of likely N-dealkylation sites (tertiary alicyclic amines) is 1. The highest BCUT2D eigenvalue weighted by Gasteiger charge is 2.31. The van der Waals surface area contributed by atoms with Crippen molar-refractivity contribution >= 4 is 6.09 Å². The summed E-state index contributed by atoms with van der Waals surface area (Å²) in [6, 6.07) is 14.3. The molecule has 2 heterocycles. The summed E-state index contributed by atoms with van der Waals surface area (Å²) in [6.45, 7) is 10.9. The van der Waals surface area contributed by atoms with Crippen molar-refractivity contribution in [2.24, 2.45) is 0 Å². The van der Waals surface area contributed by atoms with Crippen molar-refractivity contribution in [3.05, 3.63) is 53.1 Å². The number of carbonyl (C=O) groups excluding carboxylic acids is 1. The molecule has 0 bridgehead atoms. The van der Waals surface area contributed by atoms with Crippen LogP contribution in [0.3, 0.4) is 0 Å². The van der Waals surface area contributed by atoms with Gasteiger partial charge in [0.05, 0.1) is 11.7 Å². The lowest BCUT2D eigenvalue weighted by atomic mass is 9.99. The number of nitrogens with zero attached hydrogens (tertiary/aromatic N) is 4. The van der Waals surface area contributed by atoms with Crippen molar-refractivity contribution in [2.75, 3.05) is 13.1 Å². The van der Waals surface area contributed by atoms with Crippen LogP contribution < -0.4 is 10.1 Å². The van der Waals surface area contributed by atoms with E-state index in [2.05, 4.69) is 27.6 Å². The van der Waals surface area contributed by atoms with E-state index in [1.54, 1.807) is 12.1 Å². The Bertz CT molecular complexity index is 1410. The topological polar surface area (TPSA) is 114 Å². The third kappa shape index (κ3) is 6.13. The van der Waals surface area contributed by atoms with Crippen molar-refractivity contribution < 1.29 is 18.8 Å². The molecular weight excluding hydrogens is 506 g/mol. The maximum absolute atomic E-state index is 12.4. The fourth-order valence-electron chi connectivity index (χ4n) is 5.43. The molecule has 1 unspecified atom stereocenters. The molecule has 1 aromatic heterocycles. The molecule has 1 saturated heterocycles. The fraction of sp³-hybridized carbons (Fsp3) is 0.484. The molecule has 0 radical (unpaired) electrons. The predicted octanol–water partition coefficient (Wildman–Crippen LogP) is 6.04. The molecule has 3 aromatic rings. The van der Waals surface area contributed by atoms with Gasteiger partial charge in [0, 0.05) is 36.3 Å². The molecule has 9 heteroatoms. The molecule has 0 saturated carbocycles. The van der Waals surface area contributed by atoms with Gasteiger partial charge in [0.15, 0.2) is 0 Å². The van der Waals surface area contributed by atoms with Crippen LogP contribution in [0.4, 0.5) is 4.79 Å². The van der Waals surface area contributed by atoms with Crippen LogP contribution in [-0.4, -0.2) is 52.0 Å². The Balaban J connectivity index is 1.27. The van der Waals surface area contributed by atoms with Gasteiger partial charge in [-0.05, 0) is 89.6 Å². The smallest absolute Gasteiger partial charge is 0.410 e. The molecule has 1 atom stereocenters. The summed E-state index contributed by atoms with van der Waals surface area (Å²) in [5.41, 5.74) is 4.09. The van der Waals surface area contributed by atoms with Crippen LogP contribution in [0, 0.1) is 11.3 Å². The number of hydrogen-bond donors (Lipinski definition) is 1. The van der Waals surface area contributed by atoms with Gasteiger partial charge in [0.25, 0.3) is 5.89 Å². The second kappa shape index (κ2) is 11.3. The normalized spacial score (nSPS) is 17.5. The van der Waals surface area contributed by atoms with Crippen molar-refractivity contribution in [1.29, 1.82) is 5.26 Å². The van der Waals surface area contributed by atoms with Gasteiger partial charge in [-0.3, -0.25) is 0 Å². The monoisotopic (exact) mass is 543 g/mol. The number of amides is 1. The van der Waals surface area contributed by atoms with Gasteiger partial charge in [-0.25, -0.2) is 4.79 Å². The Labute approximate surface area is 235 Å². The lowest BCUT2D eigenvalue weighted by Gasteiger charge is -2.35. The van der Waals surface area contributed by atoms with Gasteiger partial charge in [-0.1, -0.05) is 23.4 Å². The number of rotatable bonds is 6. The molecule has 1 aliphatic carbocycles. The molecule has 0 spiro atoms. The third-order valence-electron chi connectivity index (χ3n) is 7.23. The number of ether oxygens (including phenoxy) is 2. The number of carbonyl (C=O) groups is 1. The average Bonchev–Trinajstić information content (AvgIpc) is 3.56. The Morgan fingerprint density at radius 2 is 1.95 bits per heavy atom. The molecule has 2 aliphatic rings. The molecular formula is C31H37N5O4. The summed E-state index contributed by atoms with van der Waals surface area (Å²) in [7, 11) is 0. The number of hydrogen-bond acceptors (Lipinski definition) is 8. The van der Waals surface area contributed by atoms with Gasteiger partial charge < -0.3 is 24.2 Å². The average molecular weight is 544 g/mol. The van der Waals surface area contributed by atoms with Crippen LogP contribution in [0.2, 0.25) is 0 Å². The lowest BCUT2D eigenvalue weighted by molar-refractivity contribution is 0.0195. The first-order valence-corrected chi connectivity index (χ1v) is 14.0. The number of fused-ring (bicyclic) bond motifs is 1. The molecule has 1 fully saturated rings. The zero-order chi connectivity index (χ0) is 28.4. The van der Waals surface area contributed by atoms with E-state index in [4.69, 9.17) is 14.0 Å². The van der Waals surface area contributed by atoms with Gasteiger partial charge in [-0.2, -0.15) is 10.2 Å².